The van der Waals surface area contributed by atoms with E-state index in [9.17, 15) is 9.18 Å². The molecule has 1 saturated heterocycles. The first-order chi connectivity index (χ1) is 10.1. The number of hydrogen-bond acceptors (Lipinski definition) is 2. The molecule has 1 atom stereocenters. The van der Waals surface area contributed by atoms with Crippen LogP contribution in [-0.2, 0) is 11.2 Å². The Kier molecular flexibility index (Phi) is 6.18. The third-order valence-corrected chi connectivity index (χ3v) is 4.14. The largest absolute Gasteiger partial charge is 0.356 e. The van der Waals surface area contributed by atoms with Gasteiger partial charge in [-0.05, 0) is 50.4 Å². The van der Waals surface area contributed by atoms with Crippen molar-refractivity contribution in [3.63, 3.8) is 0 Å². The van der Waals surface area contributed by atoms with Gasteiger partial charge in [-0.25, -0.2) is 4.39 Å². The van der Waals surface area contributed by atoms with Crippen molar-refractivity contribution in [1.29, 1.82) is 0 Å². The SMILES string of the molecule is CC1CCCCN1CCCNC(=O)Cc1cccc(F)c1. The van der Waals surface area contributed by atoms with E-state index in [1.807, 2.05) is 0 Å². The lowest BCUT2D eigenvalue weighted by Crippen LogP contribution is -2.39. The highest BCUT2D eigenvalue weighted by molar-refractivity contribution is 5.78. The zero-order chi connectivity index (χ0) is 15.1. The first-order valence-electron chi connectivity index (χ1n) is 7.90. The number of likely N-dealkylation sites (tertiary alicyclic amines) is 1. The number of nitrogens with zero attached hydrogens (tertiary/aromatic N) is 1. The molecule has 0 aliphatic carbocycles. The van der Waals surface area contributed by atoms with Crippen LogP contribution in [0, 0.1) is 5.82 Å². The summed E-state index contributed by atoms with van der Waals surface area (Å²) in [6.45, 7) is 5.19. The van der Waals surface area contributed by atoms with Gasteiger partial charge in [0, 0.05) is 19.1 Å². The number of hydrogen-bond donors (Lipinski definition) is 1. The van der Waals surface area contributed by atoms with E-state index in [-0.39, 0.29) is 18.1 Å². The Morgan fingerprint density at radius 1 is 1.43 bits per heavy atom. The summed E-state index contributed by atoms with van der Waals surface area (Å²) in [4.78, 5) is 14.3. The number of carbonyl (C=O) groups excluding carboxylic acids is 1. The van der Waals surface area contributed by atoms with Crippen LogP contribution in [0.4, 0.5) is 4.39 Å². The first-order valence-corrected chi connectivity index (χ1v) is 7.90. The summed E-state index contributed by atoms with van der Waals surface area (Å²) < 4.78 is 13.0. The minimum Gasteiger partial charge on any atom is -0.356 e. The molecular formula is C17H25FN2O. The van der Waals surface area contributed by atoms with Crippen molar-refractivity contribution in [2.24, 2.45) is 0 Å². The quantitative estimate of drug-likeness (QED) is 0.818. The molecule has 1 fully saturated rings. The average Bonchev–Trinajstić information content (AvgIpc) is 2.45. The van der Waals surface area contributed by atoms with Gasteiger partial charge in [-0.1, -0.05) is 18.6 Å². The predicted octanol–water partition coefficient (Wildman–Crippen LogP) is 2.75. The van der Waals surface area contributed by atoms with Crippen molar-refractivity contribution in [3.05, 3.63) is 35.6 Å². The smallest absolute Gasteiger partial charge is 0.224 e. The van der Waals surface area contributed by atoms with E-state index < -0.39 is 0 Å². The molecule has 116 valence electrons. The number of halogens is 1. The Bertz CT molecular complexity index is 464. The summed E-state index contributed by atoms with van der Waals surface area (Å²) in [6.07, 6.45) is 5.13. The van der Waals surface area contributed by atoms with Crippen LogP contribution in [0.2, 0.25) is 0 Å². The highest BCUT2D eigenvalue weighted by atomic mass is 19.1. The number of rotatable bonds is 6. The Hall–Kier alpha value is -1.42. The molecule has 0 radical (unpaired) electrons. The van der Waals surface area contributed by atoms with Crippen LogP contribution in [-0.4, -0.2) is 36.5 Å². The second-order valence-electron chi connectivity index (χ2n) is 5.89. The lowest BCUT2D eigenvalue weighted by atomic mass is 10.0. The standard InChI is InChI=1S/C17H25FN2O/c1-14-6-2-3-10-20(14)11-5-9-19-17(21)13-15-7-4-8-16(18)12-15/h4,7-8,12,14H,2-3,5-6,9-11,13H2,1H3,(H,19,21). The van der Waals surface area contributed by atoms with Crippen molar-refractivity contribution in [2.75, 3.05) is 19.6 Å². The Morgan fingerprint density at radius 3 is 3.05 bits per heavy atom. The molecule has 1 N–H and O–H groups in total. The highest BCUT2D eigenvalue weighted by Gasteiger charge is 2.17. The lowest BCUT2D eigenvalue weighted by Gasteiger charge is -2.33. The van der Waals surface area contributed by atoms with Gasteiger partial charge in [0.1, 0.15) is 5.82 Å². The molecule has 1 heterocycles. The molecule has 0 saturated carbocycles. The Morgan fingerprint density at radius 2 is 2.29 bits per heavy atom. The maximum absolute atomic E-state index is 13.0. The van der Waals surface area contributed by atoms with Gasteiger partial charge in [0.25, 0.3) is 0 Å². The predicted molar refractivity (Wildman–Crippen MR) is 82.6 cm³/mol. The molecular weight excluding hydrogens is 267 g/mol. The van der Waals surface area contributed by atoms with E-state index in [1.54, 1.807) is 12.1 Å². The molecule has 1 amide bonds. The Labute approximate surface area is 126 Å². The van der Waals surface area contributed by atoms with Crippen molar-refractivity contribution in [2.45, 2.75) is 45.1 Å². The third-order valence-electron chi connectivity index (χ3n) is 4.14. The molecule has 0 spiro atoms. The van der Waals surface area contributed by atoms with Crippen molar-refractivity contribution >= 4 is 5.91 Å². The normalized spacial score (nSPS) is 19.4. The topological polar surface area (TPSA) is 32.3 Å². The third kappa shape index (κ3) is 5.46. The number of piperidine rings is 1. The first kappa shape index (κ1) is 16.0. The van der Waals surface area contributed by atoms with Gasteiger partial charge < -0.3 is 10.2 Å². The molecule has 1 aromatic rings. The molecule has 21 heavy (non-hydrogen) atoms. The van der Waals surface area contributed by atoms with E-state index in [0.29, 0.717) is 12.6 Å². The number of carbonyl (C=O) groups is 1. The van der Waals surface area contributed by atoms with Gasteiger partial charge in [-0.2, -0.15) is 0 Å². The fraction of sp³-hybridized carbons (Fsp3) is 0.588. The summed E-state index contributed by atoms with van der Waals surface area (Å²) in [7, 11) is 0. The summed E-state index contributed by atoms with van der Waals surface area (Å²) >= 11 is 0. The average molecular weight is 292 g/mol. The van der Waals surface area contributed by atoms with E-state index in [4.69, 9.17) is 0 Å². The summed E-state index contributed by atoms with van der Waals surface area (Å²) in [5, 5.41) is 2.92. The van der Waals surface area contributed by atoms with Gasteiger partial charge in [0.2, 0.25) is 5.91 Å². The van der Waals surface area contributed by atoms with Crippen molar-refractivity contribution < 1.29 is 9.18 Å². The number of benzene rings is 1. The van der Waals surface area contributed by atoms with Gasteiger partial charge in [0.15, 0.2) is 0 Å². The van der Waals surface area contributed by atoms with E-state index in [1.165, 1.54) is 37.9 Å². The monoisotopic (exact) mass is 292 g/mol. The highest BCUT2D eigenvalue weighted by Crippen LogP contribution is 2.16. The second kappa shape index (κ2) is 8.13. The molecule has 1 aromatic carbocycles. The second-order valence-corrected chi connectivity index (χ2v) is 5.89. The van der Waals surface area contributed by atoms with Gasteiger partial charge >= 0.3 is 0 Å². The van der Waals surface area contributed by atoms with Crippen LogP contribution in [0.25, 0.3) is 0 Å². The summed E-state index contributed by atoms with van der Waals surface area (Å²) in [5.41, 5.74) is 0.720. The minimum atomic E-state index is -0.292. The molecule has 0 bridgehead atoms. The maximum atomic E-state index is 13.0. The fourth-order valence-electron chi connectivity index (χ4n) is 2.89. The maximum Gasteiger partial charge on any atom is 0.224 e. The zero-order valence-electron chi connectivity index (χ0n) is 12.8. The number of amides is 1. The van der Waals surface area contributed by atoms with Crippen LogP contribution in [0.15, 0.2) is 24.3 Å². The molecule has 1 aliphatic heterocycles. The molecule has 3 nitrogen and oxygen atoms in total. The van der Waals surface area contributed by atoms with E-state index >= 15 is 0 Å². The van der Waals surface area contributed by atoms with Crippen LogP contribution in [0.1, 0.15) is 38.2 Å². The summed E-state index contributed by atoms with van der Waals surface area (Å²) in [5.74, 6) is -0.327. The van der Waals surface area contributed by atoms with Crippen LogP contribution >= 0.6 is 0 Å². The molecule has 1 unspecified atom stereocenters. The minimum absolute atomic E-state index is 0.0349. The van der Waals surface area contributed by atoms with Crippen LogP contribution < -0.4 is 5.32 Å². The fourth-order valence-corrected chi connectivity index (χ4v) is 2.89. The number of nitrogens with one attached hydrogen (secondary N) is 1. The molecule has 1 aliphatic rings. The van der Waals surface area contributed by atoms with E-state index in [0.717, 1.165) is 18.5 Å². The van der Waals surface area contributed by atoms with Crippen LogP contribution in [0.3, 0.4) is 0 Å². The van der Waals surface area contributed by atoms with Gasteiger partial charge in [0.05, 0.1) is 6.42 Å². The Balaban J connectivity index is 1.63. The van der Waals surface area contributed by atoms with Crippen LogP contribution in [0.5, 0.6) is 0 Å². The zero-order valence-corrected chi connectivity index (χ0v) is 12.8. The van der Waals surface area contributed by atoms with E-state index in [2.05, 4.69) is 17.1 Å². The van der Waals surface area contributed by atoms with Gasteiger partial charge in [-0.15, -0.1) is 0 Å². The lowest BCUT2D eigenvalue weighted by molar-refractivity contribution is -0.120. The molecule has 2 rings (SSSR count). The molecule has 0 aromatic heterocycles. The summed E-state index contributed by atoms with van der Waals surface area (Å²) in [6, 6.07) is 6.88. The van der Waals surface area contributed by atoms with Gasteiger partial charge in [-0.3, -0.25) is 4.79 Å². The van der Waals surface area contributed by atoms with Crippen molar-refractivity contribution in [3.8, 4) is 0 Å². The molecule has 4 heteroatoms. The van der Waals surface area contributed by atoms with Crippen molar-refractivity contribution in [1.82, 2.24) is 10.2 Å².